The summed E-state index contributed by atoms with van der Waals surface area (Å²) in [6, 6.07) is 5.96. The van der Waals surface area contributed by atoms with E-state index >= 15 is 0 Å². The maximum absolute atomic E-state index is 13.1. The molecule has 0 heterocycles. The van der Waals surface area contributed by atoms with Crippen LogP contribution in [0.15, 0.2) is 24.3 Å². The minimum absolute atomic E-state index is 0.0223. The molecule has 2 N–H and O–H groups in total. The van der Waals surface area contributed by atoms with Crippen molar-refractivity contribution in [1.29, 1.82) is 0 Å². The van der Waals surface area contributed by atoms with Gasteiger partial charge in [-0.25, -0.2) is 4.39 Å². The van der Waals surface area contributed by atoms with Gasteiger partial charge in [-0.15, -0.1) is 0 Å². The Kier molecular flexibility index (Phi) is 6.06. The normalized spacial score (nSPS) is 23.0. The van der Waals surface area contributed by atoms with E-state index in [1.807, 2.05) is 11.8 Å². The summed E-state index contributed by atoms with van der Waals surface area (Å²) in [6.07, 6.45) is 2.16. The van der Waals surface area contributed by atoms with E-state index in [-0.39, 0.29) is 18.4 Å². The van der Waals surface area contributed by atoms with Gasteiger partial charge in [0.15, 0.2) is 0 Å². The van der Waals surface area contributed by atoms with Crippen LogP contribution in [0.4, 0.5) is 4.39 Å². The average molecular weight is 311 g/mol. The highest BCUT2D eigenvalue weighted by molar-refractivity contribution is 7.99. The van der Waals surface area contributed by atoms with Crippen molar-refractivity contribution in [2.75, 3.05) is 5.75 Å². The number of rotatable bonds is 6. The van der Waals surface area contributed by atoms with Gasteiger partial charge in [-0.3, -0.25) is 4.79 Å². The molecule has 5 heteroatoms. The minimum atomic E-state index is -0.956. The van der Waals surface area contributed by atoms with Crippen LogP contribution in [0.2, 0.25) is 0 Å². The molecule has 0 radical (unpaired) electrons. The predicted molar refractivity (Wildman–Crippen MR) is 83.7 cm³/mol. The molecule has 1 fully saturated rings. The second kappa shape index (κ2) is 7.80. The fourth-order valence-corrected chi connectivity index (χ4v) is 3.89. The molecule has 21 heavy (non-hydrogen) atoms. The fourth-order valence-electron chi connectivity index (χ4n) is 2.75. The van der Waals surface area contributed by atoms with Crippen molar-refractivity contribution in [3.8, 4) is 0 Å². The summed E-state index contributed by atoms with van der Waals surface area (Å²) in [7, 11) is 0. The maximum Gasteiger partial charge on any atom is 0.223 e. The Morgan fingerprint density at radius 3 is 3.05 bits per heavy atom. The van der Waals surface area contributed by atoms with Gasteiger partial charge in [0.05, 0.1) is 12.5 Å². The topological polar surface area (TPSA) is 49.3 Å². The number of benzene rings is 1. The number of carbonyl (C=O) groups excluding carboxylic acids is 1. The molecule has 0 spiro atoms. The van der Waals surface area contributed by atoms with Crippen LogP contribution in [0.25, 0.3) is 0 Å². The van der Waals surface area contributed by atoms with Gasteiger partial charge in [-0.2, -0.15) is 11.8 Å². The van der Waals surface area contributed by atoms with E-state index in [0.717, 1.165) is 25.0 Å². The molecule has 3 atom stereocenters. The Balaban J connectivity index is 1.79. The molecule has 0 unspecified atom stereocenters. The van der Waals surface area contributed by atoms with E-state index < -0.39 is 11.9 Å². The van der Waals surface area contributed by atoms with Gasteiger partial charge >= 0.3 is 0 Å². The highest BCUT2D eigenvalue weighted by Crippen LogP contribution is 2.29. The summed E-state index contributed by atoms with van der Waals surface area (Å²) >= 11 is 1.94. The molecule has 1 aromatic rings. The second-order valence-electron chi connectivity index (χ2n) is 5.43. The molecule has 1 amide bonds. The molecule has 2 rings (SSSR count). The van der Waals surface area contributed by atoms with Crippen LogP contribution in [0.3, 0.4) is 0 Å². The van der Waals surface area contributed by atoms with E-state index in [1.165, 1.54) is 18.2 Å². The lowest BCUT2D eigenvalue weighted by Crippen LogP contribution is -2.34. The third-order valence-electron chi connectivity index (χ3n) is 3.76. The number of hydrogen-bond acceptors (Lipinski definition) is 3. The first kappa shape index (κ1) is 16.3. The van der Waals surface area contributed by atoms with E-state index in [1.54, 1.807) is 6.07 Å². The number of aliphatic hydroxyl groups is 1. The lowest BCUT2D eigenvalue weighted by molar-refractivity contribution is -0.123. The number of hydrogen-bond donors (Lipinski definition) is 2. The zero-order valence-corrected chi connectivity index (χ0v) is 13.0. The highest BCUT2D eigenvalue weighted by atomic mass is 32.2. The molecule has 1 aromatic carbocycles. The molecule has 3 nitrogen and oxygen atoms in total. The first-order valence-corrected chi connectivity index (χ1v) is 8.48. The van der Waals surface area contributed by atoms with Crippen molar-refractivity contribution in [3.63, 3.8) is 0 Å². The summed E-state index contributed by atoms with van der Waals surface area (Å²) in [6.45, 7) is 2.14. The minimum Gasteiger partial charge on any atom is -0.388 e. The Morgan fingerprint density at radius 2 is 2.33 bits per heavy atom. The number of aliphatic hydroxyl groups excluding tert-OH is 1. The number of nitrogens with one attached hydrogen (secondary N) is 1. The van der Waals surface area contributed by atoms with Crippen molar-refractivity contribution < 1.29 is 14.3 Å². The van der Waals surface area contributed by atoms with Crippen LogP contribution >= 0.6 is 11.8 Å². The Hall–Kier alpha value is -1.07. The lowest BCUT2D eigenvalue weighted by Gasteiger charge is -2.15. The number of carbonyl (C=O) groups is 1. The zero-order chi connectivity index (χ0) is 15.2. The molecule has 1 saturated carbocycles. The van der Waals surface area contributed by atoms with E-state index in [0.29, 0.717) is 10.8 Å². The summed E-state index contributed by atoms with van der Waals surface area (Å²) in [5.41, 5.74) is 0.441. The fraction of sp³-hybridized carbons (Fsp3) is 0.562. The third kappa shape index (κ3) is 5.00. The Bertz CT molecular complexity index is 483. The number of thioether (sulfide) groups is 1. The van der Waals surface area contributed by atoms with Crippen molar-refractivity contribution in [1.82, 2.24) is 5.32 Å². The maximum atomic E-state index is 13.1. The van der Waals surface area contributed by atoms with Crippen LogP contribution in [0.5, 0.6) is 0 Å². The zero-order valence-electron chi connectivity index (χ0n) is 12.2. The number of amides is 1. The largest absolute Gasteiger partial charge is 0.388 e. The van der Waals surface area contributed by atoms with Gasteiger partial charge in [0.1, 0.15) is 5.82 Å². The average Bonchev–Trinajstić information content (AvgIpc) is 2.86. The molecular formula is C16H22FNO2S. The molecule has 0 bridgehead atoms. The van der Waals surface area contributed by atoms with E-state index in [2.05, 4.69) is 12.2 Å². The van der Waals surface area contributed by atoms with E-state index in [4.69, 9.17) is 0 Å². The monoisotopic (exact) mass is 311 g/mol. The highest BCUT2D eigenvalue weighted by Gasteiger charge is 2.26. The lowest BCUT2D eigenvalue weighted by atomic mass is 10.1. The molecular weight excluding hydrogens is 289 g/mol. The third-order valence-corrected chi connectivity index (χ3v) is 5.00. The van der Waals surface area contributed by atoms with Crippen molar-refractivity contribution >= 4 is 17.7 Å². The quantitative estimate of drug-likeness (QED) is 0.849. The van der Waals surface area contributed by atoms with Crippen LogP contribution in [0, 0.1) is 5.82 Å². The SMILES string of the molecule is CCS[C@@H]1CC[C@@H](NC(=O)C[C@@H](O)c2cccc(F)c2)C1. The van der Waals surface area contributed by atoms with Crippen molar-refractivity contribution in [3.05, 3.63) is 35.6 Å². The molecule has 0 saturated heterocycles. The second-order valence-corrected chi connectivity index (χ2v) is 7.01. The van der Waals surface area contributed by atoms with Gasteiger partial charge in [0.2, 0.25) is 5.91 Å². The standard InChI is InChI=1S/C16H22FNO2S/c1-2-21-14-7-6-13(9-14)18-16(20)10-15(19)11-4-3-5-12(17)8-11/h3-5,8,13-15,19H,2,6-7,9-10H2,1H3,(H,18,20)/t13-,14-,15-/m1/s1. The predicted octanol–water partition coefficient (Wildman–Crippen LogP) is 3.04. The first-order chi connectivity index (χ1) is 10.1. The van der Waals surface area contributed by atoms with Gasteiger partial charge in [0.25, 0.3) is 0 Å². The summed E-state index contributed by atoms with van der Waals surface area (Å²) in [4.78, 5) is 12.0. The van der Waals surface area contributed by atoms with Gasteiger partial charge in [0, 0.05) is 11.3 Å². The number of halogens is 1. The summed E-state index contributed by atoms with van der Waals surface area (Å²) < 4.78 is 13.1. The van der Waals surface area contributed by atoms with Crippen molar-refractivity contribution in [2.24, 2.45) is 0 Å². The van der Waals surface area contributed by atoms with Crippen LogP contribution in [0.1, 0.15) is 44.3 Å². The van der Waals surface area contributed by atoms with Gasteiger partial charge in [-0.1, -0.05) is 19.1 Å². The van der Waals surface area contributed by atoms with Crippen molar-refractivity contribution in [2.45, 2.75) is 50.0 Å². The molecule has 1 aliphatic rings. The molecule has 0 aliphatic heterocycles. The summed E-state index contributed by atoms with van der Waals surface area (Å²) in [5, 5.41) is 13.6. The van der Waals surface area contributed by atoms with E-state index in [9.17, 15) is 14.3 Å². The Morgan fingerprint density at radius 1 is 1.52 bits per heavy atom. The molecule has 116 valence electrons. The van der Waals surface area contributed by atoms with Crippen LogP contribution < -0.4 is 5.32 Å². The molecule has 1 aliphatic carbocycles. The summed E-state index contributed by atoms with van der Waals surface area (Å²) in [5.74, 6) is 0.532. The smallest absolute Gasteiger partial charge is 0.223 e. The first-order valence-electron chi connectivity index (χ1n) is 7.43. The molecule has 0 aromatic heterocycles. The van der Waals surface area contributed by atoms with Crippen LogP contribution in [-0.2, 0) is 4.79 Å². The van der Waals surface area contributed by atoms with Crippen LogP contribution in [-0.4, -0.2) is 28.1 Å². The Labute approximate surface area is 129 Å². The van der Waals surface area contributed by atoms with Gasteiger partial charge in [-0.05, 0) is 42.7 Å². The van der Waals surface area contributed by atoms with Gasteiger partial charge < -0.3 is 10.4 Å².